The molecule has 0 saturated heterocycles. The largest absolute Gasteiger partial charge is 0.478 e. The summed E-state index contributed by atoms with van der Waals surface area (Å²) in [6, 6.07) is 6.38. The molecule has 1 atom stereocenters. The van der Waals surface area contributed by atoms with E-state index in [1.54, 1.807) is 0 Å². The van der Waals surface area contributed by atoms with Gasteiger partial charge in [0, 0.05) is 10.2 Å². The van der Waals surface area contributed by atoms with Gasteiger partial charge in [0.05, 0.1) is 35.5 Å². The van der Waals surface area contributed by atoms with Gasteiger partial charge in [0.1, 0.15) is 0 Å². The van der Waals surface area contributed by atoms with E-state index in [2.05, 4.69) is 21.2 Å². The Bertz CT molecular complexity index is 1150. The molecule has 1 unspecified atom stereocenters. The van der Waals surface area contributed by atoms with Crippen molar-refractivity contribution in [2.45, 2.75) is 19.1 Å². The third kappa shape index (κ3) is 4.33. The maximum absolute atomic E-state index is 13.2. The molecule has 2 N–H and O–H groups in total. The number of nitrogens with one attached hydrogen (secondary N) is 1. The maximum Gasteiger partial charge on any atom is 0.416 e. The van der Waals surface area contributed by atoms with E-state index in [1.165, 1.54) is 31.2 Å². The van der Waals surface area contributed by atoms with Crippen molar-refractivity contribution in [3.8, 4) is 0 Å². The number of benzene rings is 2. The van der Waals surface area contributed by atoms with Crippen LogP contribution in [0.1, 0.15) is 34.5 Å². The maximum atomic E-state index is 13.2. The van der Waals surface area contributed by atoms with Gasteiger partial charge in [-0.25, -0.2) is 14.4 Å². The van der Waals surface area contributed by atoms with E-state index in [9.17, 15) is 27.6 Å². The number of esters is 1. The second-order valence-corrected chi connectivity index (χ2v) is 7.65. The topological polar surface area (TPSA) is 95.9 Å². The quantitative estimate of drug-likeness (QED) is 0.569. The number of urea groups is 1. The number of amides is 2. The van der Waals surface area contributed by atoms with E-state index >= 15 is 0 Å². The zero-order chi connectivity index (χ0) is 23.8. The van der Waals surface area contributed by atoms with Crippen LogP contribution in [0.3, 0.4) is 0 Å². The number of carboxylic acid groups (broad SMARTS) is 1. The Hall–Kier alpha value is -3.34. The van der Waals surface area contributed by atoms with E-state index in [1.807, 2.05) is 0 Å². The second kappa shape index (κ2) is 8.65. The average Bonchev–Trinajstić information content (AvgIpc) is 2.72. The number of anilines is 1. The zero-order valence-electron chi connectivity index (χ0n) is 16.7. The van der Waals surface area contributed by atoms with Crippen LogP contribution in [0.2, 0.25) is 0 Å². The van der Waals surface area contributed by atoms with Crippen LogP contribution in [0.15, 0.2) is 58.2 Å². The minimum Gasteiger partial charge on any atom is -0.478 e. The normalized spacial score (nSPS) is 16.6. The van der Waals surface area contributed by atoms with Gasteiger partial charge in [-0.2, -0.15) is 13.2 Å². The van der Waals surface area contributed by atoms with Crippen LogP contribution < -0.4 is 10.2 Å². The number of allylic oxidation sites excluding steroid dienone is 1. The Labute approximate surface area is 188 Å². The van der Waals surface area contributed by atoms with E-state index in [0.29, 0.717) is 10.0 Å². The minimum atomic E-state index is -4.62. The molecule has 11 heteroatoms. The molecule has 0 saturated carbocycles. The van der Waals surface area contributed by atoms with Crippen molar-refractivity contribution in [2.24, 2.45) is 0 Å². The molecule has 2 aromatic carbocycles. The summed E-state index contributed by atoms with van der Waals surface area (Å²) < 4.78 is 44.6. The van der Waals surface area contributed by atoms with Crippen LogP contribution in [0, 0.1) is 0 Å². The summed E-state index contributed by atoms with van der Waals surface area (Å²) >= 11 is 3.25. The van der Waals surface area contributed by atoms with Gasteiger partial charge in [0.2, 0.25) is 0 Å². The first kappa shape index (κ1) is 23.3. The van der Waals surface area contributed by atoms with Crippen LogP contribution in [0.4, 0.5) is 23.7 Å². The summed E-state index contributed by atoms with van der Waals surface area (Å²) in [5.41, 5.74) is -0.646. The third-order valence-electron chi connectivity index (χ3n) is 4.88. The summed E-state index contributed by atoms with van der Waals surface area (Å²) in [5.74, 6) is -1.97. The lowest BCUT2D eigenvalue weighted by Gasteiger charge is -2.35. The molecule has 3 rings (SSSR count). The predicted molar refractivity (Wildman–Crippen MR) is 111 cm³/mol. The van der Waals surface area contributed by atoms with Gasteiger partial charge >= 0.3 is 24.1 Å². The molecule has 0 aliphatic carbocycles. The van der Waals surface area contributed by atoms with Gasteiger partial charge in [-0.05, 0) is 42.8 Å². The molecule has 2 aromatic rings. The van der Waals surface area contributed by atoms with Crippen molar-refractivity contribution in [3.63, 3.8) is 0 Å². The third-order valence-corrected chi connectivity index (χ3v) is 5.57. The van der Waals surface area contributed by atoms with Gasteiger partial charge in [-0.15, -0.1) is 0 Å². The Morgan fingerprint density at radius 3 is 2.44 bits per heavy atom. The number of carbonyl (C=O) groups excluding carboxylic acids is 2. The summed E-state index contributed by atoms with van der Waals surface area (Å²) in [6.45, 7) is 1.41. The van der Waals surface area contributed by atoms with Crippen LogP contribution in [-0.4, -0.2) is 30.2 Å². The van der Waals surface area contributed by atoms with Crippen molar-refractivity contribution >= 4 is 39.6 Å². The lowest BCUT2D eigenvalue weighted by Crippen LogP contribution is -2.48. The van der Waals surface area contributed by atoms with Gasteiger partial charge in [0.15, 0.2) is 0 Å². The molecule has 0 radical (unpaired) electrons. The Kier molecular flexibility index (Phi) is 6.31. The summed E-state index contributed by atoms with van der Waals surface area (Å²) in [6.07, 6.45) is -4.62. The first-order chi connectivity index (χ1) is 15.0. The first-order valence-electron chi connectivity index (χ1n) is 9.05. The lowest BCUT2D eigenvalue weighted by atomic mass is 9.94. The Balaban J connectivity index is 2.16. The number of hydrogen-bond donors (Lipinski definition) is 2. The highest BCUT2D eigenvalue weighted by Crippen LogP contribution is 2.38. The molecule has 1 heterocycles. The van der Waals surface area contributed by atoms with E-state index < -0.39 is 35.8 Å². The molecule has 0 fully saturated rings. The summed E-state index contributed by atoms with van der Waals surface area (Å²) in [5, 5.41) is 11.7. The number of ether oxygens (including phenoxy) is 1. The SMILES string of the molecule is COC(=O)C1=C(C)N(c2cccc(C(F)(F)F)c2)C(=O)NC1c1ccc(C(=O)O)cc1Br. The number of rotatable bonds is 4. The molecule has 7 nitrogen and oxygen atoms in total. The van der Waals surface area contributed by atoms with Crippen LogP contribution >= 0.6 is 15.9 Å². The Morgan fingerprint density at radius 2 is 1.88 bits per heavy atom. The molecule has 168 valence electrons. The van der Waals surface area contributed by atoms with Crippen molar-refractivity contribution in [1.29, 1.82) is 0 Å². The van der Waals surface area contributed by atoms with Crippen molar-refractivity contribution in [3.05, 3.63) is 74.9 Å². The fourth-order valence-electron chi connectivity index (χ4n) is 3.38. The Morgan fingerprint density at radius 1 is 1.19 bits per heavy atom. The van der Waals surface area contributed by atoms with Gasteiger partial charge in [-0.1, -0.05) is 28.1 Å². The fourth-order valence-corrected chi connectivity index (χ4v) is 3.98. The minimum absolute atomic E-state index is 0.0197. The molecule has 0 spiro atoms. The number of methoxy groups -OCH3 is 1. The number of halogens is 4. The van der Waals surface area contributed by atoms with E-state index in [4.69, 9.17) is 9.84 Å². The number of alkyl halides is 3. The second-order valence-electron chi connectivity index (χ2n) is 6.80. The molecular weight excluding hydrogens is 497 g/mol. The monoisotopic (exact) mass is 512 g/mol. The van der Waals surface area contributed by atoms with Crippen molar-refractivity contribution in [1.82, 2.24) is 5.32 Å². The number of hydrogen-bond acceptors (Lipinski definition) is 4. The summed E-state index contributed by atoms with van der Waals surface area (Å²) in [4.78, 5) is 37.7. The van der Waals surface area contributed by atoms with Crippen molar-refractivity contribution in [2.75, 3.05) is 12.0 Å². The molecule has 1 aliphatic rings. The number of carbonyl (C=O) groups is 3. The molecule has 0 bridgehead atoms. The molecule has 1 aliphatic heterocycles. The fraction of sp³-hybridized carbons (Fsp3) is 0.190. The molecule has 2 amide bonds. The highest BCUT2D eigenvalue weighted by molar-refractivity contribution is 9.10. The van der Waals surface area contributed by atoms with Crippen molar-refractivity contribution < 1.29 is 37.4 Å². The standard InChI is InChI=1S/C21H16BrF3N2O5/c1-10-16(19(30)32-2)17(14-7-6-11(18(28)29)8-15(14)22)26-20(31)27(10)13-5-3-4-12(9-13)21(23,24)25/h3-9,17H,1-2H3,(H,26,31)(H,28,29). The number of aromatic carboxylic acids is 1. The van der Waals surface area contributed by atoms with Crippen LogP contribution in [-0.2, 0) is 15.7 Å². The van der Waals surface area contributed by atoms with Gasteiger partial charge < -0.3 is 15.2 Å². The highest BCUT2D eigenvalue weighted by Gasteiger charge is 2.39. The van der Waals surface area contributed by atoms with Crippen LogP contribution in [0.25, 0.3) is 0 Å². The molecule has 32 heavy (non-hydrogen) atoms. The summed E-state index contributed by atoms with van der Waals surface area (Å²) in [7, 11) is 1.13. The molecule has 0 aromatic heterocycles. The van der Waals surface area contributed by atoms with E-state index in [0.717, 1.165) is 30.2 Å². The lowest BCUT2D eigenvalue weighted by molar-refractivity contribution is -0.138. The average molecular weight is 513 g/mol. The van der Waals surface area contributed by atoms with Gasteiger partial charge in [-0.3, -0.25) is 4.90 Å². The smallest absolute Gasteiger partial charge is 0.416 e. The molecular formula is C21H16BrF3N2O5. The predicted octanol–water partition coefficient (Wildman–Crippen LogP) is 4.88. The van der Waals surface area contributed by atoms with Gasteiger partial charge in [0.25, 0.3) is 0 Å². The number of carboxylic acids is 1. The number of nitrogens with zero attached hydrogens (tertiary/aromatic N) is 1. The van der Waals surface area contributed by atoms with Crippen LogP contribution in [0.5, 0.6) is 0 Å². The first-order valence-corrected chi connectivity index (χ1v) is 9.84. The van der Waals surface area contributed by atoms with E-state index in [-0.39, 0.29) is 22.5 Å². The zero-order valence-corrected chi connectivity index (χ0v) is 18.2. The highest BCUT2D eigenvalue weighted by atomic mass is 79.9.